The van der Waals surface area contributed by atoms with Crippen molar-refractivity contribution in [3.8, 4) is 17.4 Å². The molecule has 8 heteroatoms. The third kappa shape index (κ3) is 3.92. The molecule has 29 heavy (non-hydrogen) atoms. The molecular weight excluding hydrogens is 433 g/mol. The molecule has 0 aliphatic carbocycles. The van der Waals surface area contributed by atoms with E-state index < -0.39 is 0 Å². The highest BCUT2D eigenvalue weighted by Crippen LogP contribution is 2.30. The summed E-state index contributed by atoms with van der Waals surface area (Å²) in [6.07, 6.45) is 1.50. The Bertz CT molecular complexity index is 1380. The number of allylic oxidation sites excluding steroid dienone is 1. The van der Waals surface area contributed by atoms with Crippen LogP contribution in [-0.2, 0) is 0 Å². The molecule has 142 valence electrons. The van der Waals surface area contributed by atoms with Crippen molar-refractivity contribution in [3.63, 3.8) is 0 Å². The molecule has 0 saturated heterocycles. The average Bonchev–Trinajstić information content (AvgIpc) is 3.17. The van der Waals surface area contributed by atoms with Crippen LogP contribution in [0, 0.1) is 11.3 Å². The number of benzene rings is 2. The highest BCUT2D eigenvalue weighted by atomic mass is 35.5. The fourth-order valence-corrected chi connectivity index (χ4v) is 3.24. The van der Waals surface area contributed by atoms with Crippen molar-refractivity contribution in [2.24, 2.45) is 0 Å². The highest BCUT2D eigenvalue weighted by Gasteiger charge is 2.11. The molecule has 1 N–H and O–H groups in total. The molecule has 0 amide bonds. The summed E-state index contributed by atoms with van der Waals surface area (Å²) in [4.78, 5) is 19.3. The predicted octanol–water partition coefficient (Wildman–Crippen LogP) is 6.21. The van der Waals surface area contributed by atoms with Crippen molar-refractivity contribution >= 4 is 57.4 Å². The molecule has 0 unspecified atom stereocenters. The minimum atomic E-state index is -0.385. The summed E-state index contributed by atoms with van der Waals surface area (Å²) in [6, 6.07) is 15.4. The minimum absolute atomic E-state index is 0.139. The van der Waals surface area contributed by atoms with Gasteiger partial charge < -0.3 is 9.40 Å². The summed E-state index contributed by atoms with van der Waals surface area (Å²) < 4.78 is 5.79. The van der Waals surface area contributed by atoms with E-state index in [9.17, 15) is 10.1 Å². The van der Waals surface area contributed by atoms with Gasteiger partial charge in [0.05, 0.1) is 26.5 Å². The van der Waals surface area contributed by atoms with Crippen LogP contribution in [0.1, 0.15) is 11.6 Å². The number of fused-ring (bicyclic) bond motifs is 1. The second-order valence-electron chi connectivity index (χ2n) is 6.08. The van der Waals surface area contributed by atoms with Crippen LogP contribution in [0.2, 0.25) is 15.1 Å². The average molecular weight is 443 g/mol. The number of aromatic amines is 1. The maximum absolute atomic E-state index is 12.3. The van der Waals surface area contributed by atoms with E-state index in [-0.39, 0.29) is 17.0 Å². The third-order valence-corrected chi connectivity index (χ3v) is 5.13. The van der Waals surface area contributed by atoms with Crippen molar-refractivity contribution < 1.29 is 4.42 Å². The molecule has 0 fully saturated rings. The van der Waals surface area contributed by atoms with Gasteiger partial charge in [-0.2, -0.15) is 5.26 Å². The van der Waals surface area contributed by atoms with Gasteiger partial charge in [0.15, 0.2) is 5.82 Å². The SMILES string of the molecule is N#C/C(=C\c1ccc(-c2ccc(Cl)c(Cl)c2)o1)c1nc2ccc(Cl)cc2c(=O)[nH]1. The van der Waals surface area contributed by atoms with E-state index in [4.69, 9.17) is 39.2 Å². The fourth-order valence-electron chi connectivity index (χ4n) is 2.77. The molecule has 0 radical (unpaired) electrons. The molecule has 0 bridgehead atoms. The number of nitriles is 1. The Morgan fingerprint density at radius 2 is 1.90 bits per heavy atom. The smallest absolute Gasteiger partial charge is 0.259 e. The van der Waals surface area contributed by atoms with E-state index in [1.165, 1.54) is 12.1 Å². The van der Waals surface area contributed by atoms with Crippen molar-refractivity contribution in [3.05, 3.63) is 85.5 Å². The Labute approximate surface area is 179 Å². The number of furan rings is 1. The number of nitrogens with zero attached hydrogens (tertiary/aromatic N) is 2. The first-order chi connectivity index (χ1) is 13.9. The third-order valence-electron chi connectivity index (χ3n) is 4.16. The summed E-state index contributed by atoms with van der Waals surface area (Å²) in [5.41, 5.74) is 0.940. The molecule has 0 spiro atoms. The molecule has 0 atom stereocenters. The summed E-state index contributed by atoms with van der Waals surface area (Å²) in [5.74, 6) is 1.11. The molecular formula is C21H10Cl3N3O2. The van der Waals surface area contributed by atoms with Crippen LogP contribution < -0.4 is 5.56 Å². The Morgan fingerprint density at radius 1 is 1.07 bits per heavy atom. The Hall–Kier alpha value is -3.04. The quantitative estimate of drug-likeness (QED) is 0.382. The molecule has 5 nitrogen and oxygen atoms in total. The van der Waals surface area contributed by atoms with Crippen molar-refractivity contribution in [2.75, 3.05) is 0 Å². The van der Waals surface area contributed by atoms with E-state index in [0.717, 1.165) is 5.56 Å². The van der Waals surface area contributed by atoms with Gasteiger partial charge >= 0.3 is 0 Å². The minimum Gasteiger partial charge on any atom is -0.457 e. The lowest BCUT2D eigenvalue weighted by Gasteiger charge is -2.02. The van der Waals surface area contributed by atoms with Gasteiger partial charge in [0.1, 0.15) is 17.6 Å². The van der Waals surface area contributed by atoms with E-state index in [1.807, 2.05) is 6.07 Å². The van der Waals surface area contributed by atoms with Crippen molar-refractivity contribution in [2.45, 2.75) is 0 Å². The van der Waals surface area contributed by atoms with E-state index in [1.54, 1.807) is 42.5 Å². The molecule has 0 aliphatic heterocycles. The number of aromatic nitrogens is 2. The van der Waals surface area contributed by atoms with Gasteiger partial charge in [0.2, 0.25) is 0 Å². The van der Waals surface area contributed by atoms with E-state index >= 15 is 0 Å². The van der Waals surface area contributed by atoms with E-state index in [0.29, 0.717) is 37.5 Å². The molecule has 2 heterocycles. The number of H-pyrrole nitrogens is 1. The fraction of sp³-hybridized carbons (Fsp3) is 0. The number of hydrogen-bond donors (Lipinski definition) is 1. The Kier molecular flexibility index (Phi) is 5.16. The topological polar surface area (TPSA) is 82.7 Å². The van der Waals surface area contributed by atoms with Crippen molar-refractivity contribution in [1.82, 2.24) is 9.97 Å². The summed E-state index contributed by atoms with van der Waals surface area (Å²) in [7, 11) is 0. The first-order valence-corrected chi connectivity index (χ1v) is 9.45. The molecule has 0 saturated carbocycles. The number of halogens is 3. The summed E-state index contributed by atoms with van der Waals surface area (Å²) in [5, 5.41) is 11.2. The van der Waals surface area contributed by atoms with Crippen LogP contribution >= 0.6 is 34.8 Å². The normalized spacial score (nSPS) is 11.6. The lowest BCUT2D eigenvalue weighted by atomic mass is 10.2. The number of nitrogens with one attached hydrogen (secondary N) is 1. The second kappa shape index (κ2) is 7.76. The van der Waals surface area contributed by atoms with Crippen LogP contribution in [0.15, 0.2) is 57.7 Å². The Morgan fingerprint density at radius 3 is 2.66 bits per heavy atom. The van der Waals surface area contributed by atoms with Gasteiger partial charge in [-0.1, -0.05) is 34.8 Å². The maximum Gasteiger partial charge on any atom is 0.259 e. The van der Waals surface area contributed by atoms with Gasteiger partial charge in [-0.15, -0.1) is 0 Å². The maximum atomic E-state index is 12.3. The van der Waals surface area contributed by atoms with Gasteiger partial charge in [0.25, 0.3) is 5.56 Å². The van der Waals surface area contributed by atoms with Gasteiger partial charge in [-0.3, -0.25) is 4.79 Å². The zero-order valence-electron chi connectivity index (χ0n) is 14.5. The first-order valence-electron chi connectivity index (χ1n) is 8.31. The van der Waals surface area contributed by atoms with Crippen LogP contribution in [0.25, 0.3) is 33.9 Å². The molecule has 4 rings (SSSR count). The van der Waals surface area contributed by atoms with Crippen LogP contribution in [0.3, 0.4) is 0 Å². The monoisotopic (exact) mass is 441 g/mol. The number of rotatable bonds is 3. The molecule has 2 aromatic carbocycles. The van der Waals surface area contributed by atoms with Crippen LogP contribution in [0.5, 0.6) is 0 Å². The molecule has 4 aromatic rings. The zero-order valence-corrected chi connectivity index (χ0v) is 16.8. The number of hydrogen-bond acceptors (Lipinski definition) is 4. The standard InChI is InChI=1S/C21H10Cl3N3O2/c22-13-2-5-18-15(9-13)21(28)27-20(26-18)12(10-25)7-14-3-6-19(29-14)11-1-4-16(23)17(24)8-11/h1-9H,(H,26,27,28)/b12-7+. The van der Waals surface area contributed by atoms with Crippen LogP contribution in [-0.4, -0.2) is 9.97 Å². The second-order valence-corrected chi connectivity index (χ2v) is 7.33. The first kappa shape index (κ1) is 19.3. The Balaban J connectivity index is 1.74. The highest BCUT2D eigenvalue weighted by molar-refractivity contribution is 6.42. The lowest BCUT2D eigenvalue weighted by Crippen LogP contribution is -2.11. The predicted molar refractivity (Wildman–Crippen MR) is 115 cm³/mol. The van der Waals surface area contributed by atoms with Crippen molar-refractivity contribution in [1.29, 1.82) is 5.26 Å². The zero-order chi connectivity index (χ0) is 20.5. The van der Waals surface area contributed by atoms with E-state index in [2.05, 4.69) is 9.97 Å². The summed E-state index contributed by atoms with van der Waals surface area (Å²) >= 11 is 17.9. The molecule has 0 aliphatic rings. The van der Waals surface area contributed by atoms with Gasteiger partial charge in [0, 0.05) is 16.7 Å². The summed E-state index contributed by atoms with van der Waals surface area (Å²) in [6.45, 7) is 0. The molecule has 2 aromatic heterocycles. The lowest BCUT2D eigenvalue weighted by molar-refractivity contribution is 0.572. The largest absolute Gasteiger partial charge is 0.457 e. The van der Waals surface area contributed by atoms with Gasteiger partial charge in [-0.25, -0.2) is 4.98 Å². The van der Waals surface area contributed by atoms with Gasteiger partial charge in [-0.05, 0) is 48.5 Å². The van der Waals surface area contributed by atoms with Crippen LogP contribution in [0.4, 0.5) is 0 Å².